The van der Waals surface area contributed by atoms with Gasteiger partial charge in [-0.1, -0.05) is 0 Å². The molecule has 0 saturated heterocycles. The molecule has 0 fully saturated rings. The molecule has 4 nitrogen and oxygen atoms in total. The minimum atomic E-state index is -2.13. The van der Waals surface area contributed by atoms with Crippen molar-refractivity contribution in [2.75, 3.05) is 0 Å². The molecule has 0 bridgehead atoms. The third-order valence-electron chi connectivity index (χ3n) is 1.29. The summed E-state index contributed by atoms with van der Waals surface area (Å²) in [5.74, 6) is 0. The second-order valence-corrected chi connectivity index (χ2v) is 2.30. The van der Waals surface area contributed by atoms with E-state index in [1.54, 1.807) is 0 Å². The third-order valence-corrected chi connectivity index (χ3v) is 1.29. The zero-order valence-corrected chi connectivity index (χ0v) is 6.01. The summed E-state index contributed by atoms with van der Waals surface area (Å²) in [6, 6.07) is 0. The summed E-state index contributed by atoms with van der Waals surface area (Å²) < 4.78 is 12.5. The van der Waals surface area contributed by atoms with Crippen molar-refractivity contribution in [2.45, 2.75) is 31.4 Å². The first-order valence-electron chi connectivity index (χ1n) is 3.14. The largest absolute Gasteiger partial charge is 0.391 e. The van der Waals surface area contributed by atoms with Crippen LogP contribution in [0.5, 0.6) is 0 Å². The lowest BCUT2D eigenvalue weighted by atomic mass is 10.1. The standard InChI is InChI=1S/C6H11FO4/c1-3(9)6(11)5(7)4(10)2-8/h2-6,9-11H,1H3. The van der Waals surface area contributed by atoms with E-state index >= 15 is 0 Å². The van der Waals surface area contributed by atoms with Gasteiger partial charge in [-0.3, -0.25) is 0 Å². The maximum atomic E-state index is 12.5. The van der Waals surface area contributed by atoms with Crippen molar-refractivity contribution in [3.63, 3.8) is 0 Å². The first-order chi connectivity index (χ1) is 5.00. The highest BCUT2D eigenvalue weighted by Gasteiger charge is 2.29. The highest BCUT2D eigenvalue weighted by molar-refractivity contribution is 5.56. The van der Waals surface area contributed by atoms with Crippen molar-refractivity contribution in [1.82, 2.24) is 0 Å². The van der Waals surface area contributed by atoms with Crippen LogP contribution in [0.3, 0.4) is 0 Å². The smallest absolute Gasteiger partial charge is 0.161 e. The highest BCUT2D eigenvalue weighted by atomic mass is 19.1. The van der Waals surface area contributed by atoms with Gasteiger partial charge < -0.3 is 20.1 Å². The van der Waals surface area contributed by atoms with Gasteiger partial charge in [-0.15, -0.1) is 0 Å². The lowest BCUT2D eigenvalue weighted by molar-refractivity contribution is -0.124. The predicted octanol–water partition coefficient (Wildman–Crippen LogP) is -1.37. The SMILES string of the molecule is CC(O)C(O)C(F)C(O)C=O. The first-order valence-corrected chi connectivity index (χ1v) is 3.14. The molecule has 0 heterocycles. The Hall–Kier alpha value is -0.520. The Morgan fingerprint density at radius 3 is 2.09 bits per heavy atom. The molecule has 5 heteroatoms. The Morgan fingerprint density at radius 1 is 1.36 bits per heavy atom. The van der Waals surface area contributed by atoms with Gasteiger partial charge in [-0.25, -0.2) is 4.39 Å². The van der Waals surface area contributed by atoms with Crippen molar-refractivity contribution in [3.05, 3.63) is 0 Å². The number of rotatable bonds is 4. The van der Waals surface area contributed by atoms with E-state index in [1.165, 1.54) is 0 Å². The monoisotopic (exact) mass is 166 g/mol. The minimum Gasteiger partial charge on any atom is -0.391 e. The highest BCUT2D eigenvalue weighted by Crippen LogP contribution is 2.07. The fourth-order valence-corrected chi connectivity index (χ4v) is 0.543. The van der Waals surface area contributed by atoms with Crippen LogP contribution >= 0.6 is 0 Å². The van der Waals surface area contributed by atoms with Crippen LogP contribution in [0.1, 0.15) is 6.92 Å². The molecule has 0 saturated carbocycles. The molecular weight excluding hydrogens is 155 g/mol. The van der Waals surface area contributed by atoms with Crippen LogP contribution in [0, 0.1) is 0 Å². The maximum Gasteiger partial charge on any atom is 0.161 e. The molecule has 0 aliphatic rings. The van der Waals surface area contributed by atoms with Gasteiger partial charge in [-0.2, -0.15) is 0 Å². The molecule has 0 aliphatic heterocycles. The number of aldehydes is 1. The minimum absolute atomic E-state index is 0.0315. The molecule has 66 valence electrons. The molecule has 4 atom stereocenters. The Labute approximate surface area is 63.3 Å². The van der Waals surface area contributed by atoms with E-state index in [4.69, 9.17) is 15.3 Å². The van der Waals surface area contributed by atoms with Crippen LogP contribution in [0.15, 0.2) is 0 Å². The van der Waals surface area contributed by atoms with E-state index in [-0.39, 0.29) is 6.29 Å². The third kappa shape index (κ3) is 2.92. The Kier molecular flexibility index (Phi) is 4.17. The number of aliphatic hydroxyl groups is 3. The van der Waals surface area contributed by atoms with Gasteiger partial charge in [0.15, 0.2) is 12.5 Å². The molecule has 0 aliphatic carbocycles. The molecule has 0 aromatic carbocycles. The molecule has 11 heavy (non-hydrogen) atoms. The molecule has 0 aromatic heterocycles. The molecule has 0 amide bonds. The number of hydrogen-bond acceptors (Lipinski definition) is 4. The molecule has 0 aromatic rings. The van der Waals surface area contributed by atoms with E-state index in [0.29, 0.717) is 0 Å². The summed E-state index contributed by atoms with van der Waals surface area (Å²) >= 11 is 0. The molecule has 0 radical (unpaired) electrons. The van der Waals surface area contributed by atoms with E-state index in [2.05, 4.69) is 0 Å². The van der Waals surface area contributed by atoms with E-state index in [1.807, 2.05) is 0 Å². The van der Waals surface area contributed by atoms with Crippen LogP contribution < -0.4 is 0 Å². The van der Waals surface area contributed by atoms with Gasteiger partial charge >= 0.3 is 0 Å². The van der Waals surface area contributed by atoms with Gasteiger partial charge in [0.2, 0.25) is 0 Å². The van der Waals surface area contributed by atoms with Gasteiger partial charge in [0.05, 0.1) is 6.10 Å². The van der Waals surface area contributed by atoms with Crippen molar-refractivity contribution >= 4 is 6.29 Å². The average Bonchev–Trinajstić information content (AvgIpc) is 2.00. The van der Waals surface area contributed by atoms with Gasteiger partial charge in [0.1, 0.15) is 12.2 Å². The second kappa shape index (κ2) is 4.38. The zero-order valence-electron chi connectivity index (χ0n) is 6.01. The molecular formula is C6H11FO4. The fraction of sp³-hybridized carbons (Fsp3) is 0.833. The van der Waals surface area contributed by atoms with Crippen LogP contribution in [0.2, 0.25) is 0 Å². The van der Waals surface area contributed by atoms with Gasteiger partial charge in [0, 0.05) is 0 Å². The summed E-state index contributed by atoms with van der Waals surface area (Å²) in [6.45, 7) is 1.16. The lowest BCUT2D eigenvalue weighted by Gasteiger charge is -2.19. The summed E-state index contributed by atoms with van der Waals surface area (Å²) in [5, 5.41) is 25.9. The topological polar surface area (TPSA) is 77.8 Å². The Bertz CT molecular complexity index is 128. The van der Waals surface area contributed by atoms with Gasteiger partial charge in [0.25, 0.3) is 0 Å². The molecule has 0 rings (SSSR count). The Balaban J connectivity index is 4.00. The summed E-state index contributed by atoms with van der Waals surface area (Å²) in [5.41, 5.74) is 0. The molecule has 3 N–H and O–H groups in total. The fourth-order valence-electron chi connectivity index (χ4n) is 0.543. The van der Waals surface area contributed by atoms with E-state index < -0.39 is 24.5 Å². The first kappa shape index (κ1) is 10.5. The number of carbonyl (C=O) groups excluding carboxylic acids is 1. The van der Waals surface area contributed by atoms with Crippen LogP contribution in [-0.4, -0.2) is 46.1 Å². The van der Waals surface area contributed by atoms with Crippen molar-refractivity contribution in [2.24, 2.45) is 0 Å². The van der Waals surface area contributed by atoms with Gasteiger partial charge in [-0.05, 0) is 6.92 Å². The van der Waals surface area contributed by atoms with E-state index in [9.17, 15) is 9.18 Å². The number of halogens is 1. The van der Waals surface area contributed by atoms with Crippen LogP contribution in [0.25, 0.3) is 0 Å². The lowest BCUT2D eigenvalue weighted by Crippen LogP contribution is -2.41. The molecule has 0 spiro atoms. The van der Waals surface area contributed by atoms with Crippen molar-refractivity contribution in [3.8, 4) is 0 Å². The van der Waals surface area contributed by atoms with Crippen molar-refractivity contribution in [1.29, 1.82) is 0 Å². The summed E-state index contributed by atoms with van der Waals surface area (Å²) in [6.07, 6.45) is -7.07. The van der Waals surface area contributed by atoms with E-state index in [0.717, 1.165) is 6.92 Å². The molecule has 4 unspecified atom stereocenters. The number of carbonyl (C=O) groups is 1. The normalized spacial score (nSPS) is 21.9. The maximum absolute atomic E-state index is 12.5. The zero-order chi connectivity index (χ0) is 9.02. The summed E-state index contributed by atoms with van der Waals surface area (Å²) in [7, 11) is 0. The van der Waals surface area contributed by atoms with Crippen LogP contribution in [-0.2, 0) is 4.79 Å². The Morgan fingerprint density at radius 2 is 1.82 bits per heavy atom. The predicted molar refractivity (Wildman–Crippen MR) is 34.7 cm³/mol. The quantitative estimate of drug-likeness (QED) is 0.450. The average molecular weight is 166 g/mol. The van der Waals surface area contributed by atoms with Crippen molar-refractivity contribution < 1.29 is 24.5 Å². The second-order valence-electron chi connectivity index (χ2n) is 2.30. The summed E-state index contributed by atoms with van der Waals surface area (Å²) in [4.78, 5) is 9.79. The number of aliphatic hydroxyl groups excluding tert-OH is 3. The number of alkyl halides is 1. The van der Waals surface area contributed by atoms with Crippen LogP contribution in [0.4, 0.5) is 4.39 Å². The number of hydrogen-bond donors (Lipinski definition) is 3.